The van der Waals surface area contributed by atoms with E-state index in [9.17, 15) is 9.59 Å². The summed E-state index contributed by atoms with van der Waals surface area (Å²) >= 11 is 0. The van der Waals surface area contributed by atoms with Crippen LogP contribution in [0.2, 0.25) is 0 Å². The van der Waals surface area contributed by atoms with Crippen LogP contribution in [-0.4, -0.2) is 66.3 Å². The fourth-order valence-corrected chi connectivity index (χ4v) is 3.96. The van der Waals surface area contributed by atoms with E-state index in [-0.39, 0.29) is 5.91 Å². The Morgan fingerprint density at radius 2 is 1.78 bits per heavy atom. The van der Waals surface area contributed by atoms with Gasteiger partial charge in [0.15, 0.2) is 0 Å². The normalized spacial score (nSPS) is 16.1. The van der Waals surface area contributed by atoms with Crippen molar-refractivity contribution in [3.05, 3.63) is 42.6 Å². The first-order valence-electron chi connectivity index (χ1n) is 12.1. The second-order valence-electron chi connectivity index (χ2n) is 9.74. The molecule has 2 aliphatic heterocycles. The Morgan fingerprint density at radius 3 is 2.50 bits per heavy atom. The molecule has 1 aromatic carbocycles. The lowest BCUT2D eigenvalue weighted by molar-refractivity contribution is -0.128. The number of benzene rings is 1. The van der Waals surface area contributed by atoms with Crippen molar-refractivity contribution in [3.8, 4) is 0 Å². The van der Waals surface area contributed by atoms with Gasteiger partial charge in [-0.25, -0.2) is 14.8 Å². The number of pyridine rings is 1. The number of hydrogen-bond donors (Lipinski definition) is 3. The molecule has 2 amide bonds. The van der Waals surface area contributed by atoms with Gasteiger partial charge in [-0.3, -0.25) is 20.5 Å². The average Bonchev–Trinajstić information content (AvgIpc) is 3.13. The fraction of sp³-hybridized carbons (Fsp3) is 0.440. The molecular weight excluding hydrogens is 460 g/mol. The SMILES string of the molecule is CC(=O)N1CCCN(c2cc(N3CN=C(Nc4ccc(NC(=O)OC(C)(C)C)cc4)N3)ccn2)CC1. The number of hydrogen-bond acceptors (Lipinski definition) is 9. The quantitative estimate of drug-likeness (QED) is 0.594. The molecule has 2 aliphatic rings. The van der Waals surface area contributed by atoms with E-state index in [1.165, 1.54) is 0 Å². The summed E-state index contributed by atoms with van der Waals surface area (Å²) < 4.78 is 5.28. The first-order valence-corrected chi connectivity index (χ1v) is 12.1. The molecule has 2 aromatic rings. The lowest BCUT2D eigenvalue weighted by atomic mass is 10.2. The van der Waals surface area contributed by atoms with Crippen molar-refractivity contribution in [2.45, 2.75) is 39.7 Å². The average molecular weight is 495 g/mol. The van der Waals surface area contributed by atoms with Gasteiger partial charge in [-0.1, -0.05) is 0 Å². The number of nitrogens with zero attached hydrogens (tertiary/aromatic N) is 5. The number of hydrazine groups is 1. The number of amides is 2. The van der Waals surface area contributed by atoms with Gasteiger partial charge >= 0.3 is 6.09 Å². The van der Waals surface area contributed by atoms with Crippen molar-refractivity contribution in [3.63, 3.8) is 0 Å². The molecule has 0 radical (unpaired) electrons. The van der Waals surface area contributed by atoms with Crippen molar-refractivity contribution < 1.29 is 14.3 Å². The van der Waals surface area contributed by atoms with Crippen LogP contribution in [0, 0.1) is 0 Å². The van der Waals surface area contributed by atoms with Crippen molar-refractivity contribution in [2.75, 3.05) is 53.4 Å². The van der Waals surface area contributed by atoms with Gasteiger partial charge in [0.2, 0.25) is 11.9 Å². The summed E-state index contributed by atoms with van der Waals surface area (Å²) in [5, 5.41) is 7.91. The van der Waals surface area contributed by atoms with Crippen LogP contribution in [0.5, 0.6) is 0 Å². The first kappa shape index (κ1) is 25.1. The maximum absolute atomic E-state index is 11.9. The van der Waals surface area contributed by atoms with Gasteiger partial charge in [-0.2, -0.15) is 0 Å². The van der Waals surface area contributed by atoms with E-state index in [1.54, 1.807) is 25.3 Å². The van der Waals surface area contributed by atoms with Gasteiger partial charge < -0.3 is 19.9 Å². The standard InChI is InChI=1S/C25H34N8O3/c1-18(34)31-12-5-13-32(15-14-31)22-16-21(10-11-26-22)33-17-27-23(30-33)28-19-6-8-20(9-7-19)29-24(35)36-25(2,3)4/h6-11,16H,5,12-15,17H2,1-4H3,(H,29,35)(H2,27,28,30). The molecule has 0 bridgehead atoms. The third-order valence-corrected chi connectivity index (χ3v) is 5.71. The summed E-state index contributed by atoms with van der Waals surface area (Å²) in [5.74, 6) is 1.62. The summed E-state index contributed by atoms with van der Waals surface area (Å²) in [5.41, 5.74) is 5.14. The van der Waals surface area contributed by atoms with Crippen molar-refractivity contribution >= 4 is 40.8 Å². The predicted octanol–water partition coefficient (Wildman–Crippen LogP) is 3.24. The molecule has 3 heterocycles. The molecule has 0 atom stereocenters. The van der Waals surface area contributed by atoms with Crippen LogP contribution in [0.1, 0.15) is 34.1 Å². The Kier molecular flexibility index (Phi) is 7.47. The zero-order chi connectivity index (χ0) is 25.7. The number of aromatic nitrogens is 1. The highest BCUT2D eigenvalue weighted by atomic mass is 16.6. The number of carbonyl (C=O) groups is 2. The Bertz CT molecular complexity index is 1110. The molecule has 1 aromatic heterocycles. The number of carbonyl (C=O) groups excluding carboxylic acids is 2. The molecule has 4 rings (SSSR count). The lowest BCUT2D eigenvalue weighted by Crippen LogP contribution is -2.39. The second-order valence-corrected chi connectivity index (χ2v) is 9.74. The molecule has 192 valence electrons. The van der Waals surface area contributed by atoms with Crippen LogP contribution < -0.4 is 26.0 Å². The Balaban J connectivity index is 1.31. The van der Waals surface area contributed by atoms with E-state index in [1.807, 2.05) is 54.9 Å². The summed E-state index contributed by atoms with van der Waals surface area (Å²) in [6, 6.07) is 11.3. The van der Waals surface area contributed by atoms with Crippen LogP contribution in [0.15, 0.2) is 47.6 Å². The van der Waals surface area contributed by atoms with Crippen molar-refractivity contribution in [1.82, 2.24) is 15.3 Å². The molecule has 0 saturated carbocycles. The Labute approximate surface area is 211 Å². The highest BCUT2D eigenvalue weighted by molar-refractivity contribution is 5.96. The first-order chi connectivity index (χ1) is 17.2. The molecule has 0 spiro atoms. The van der Waals surface area contributed by atoms with Crippen LogP contribution in [0.25, 0.3) is 0 Å². The van der Waals surface area contributed by atoms with Crippen LogP contribution in [0.3, 0.4) is 0 Å². The topological polar surface area (TPSA) is 114 Å². The molecule has 11 nitrogen and oxygen atoms in total. The third-order valence-electron chi connectivity index (χ3n) is 5.71. The van der Waals surface area contributed by atoms with Crippen LogP contribution in [0.4, 0.5) is 27.7 Å². The number of aliphatic imine (C=N–C) groups is 1. The molecule has 36 heavy (non-hydrogen) atoms. The minimum absolute atomic E-state index is 0.117. The van der Waals surface area contributed by atoms with E-state index < -0.39 is 11.7 Å². The smallest absolute Gasteiger partial charge is 0.412 e. The summed E-state index contributed by atoms with van der Waals surface area (Å²) in [7, 11) is 0. The van der Waals surface area contributed by atoms with Gasteiger partial charge in [0.25, 0.3) is 0 Å². The van der Waals surface area contributed by atoms with Gasteiger partial charge in [-0.05, 0) is 57.5 Å². The summed E-state index contributed by atoms with van der Waals surface area (Å²) in [6.45, 7) is 10.6. The minimum Gasteiger partial charge on any atom is -0.444 e. The Hall–Kier alpha value is -4.02. The number of anilines is 4. The molecule has 1 saturated heterocycles. The maximum atomic E-state index is 11.9. The number of rotatable bonds is 4. The molecular formula is C25H34N8O3. The van der Waals surface area contributed by atoms with E-state index in [2.05, 4.69) is 30.9 Å². The van der Waals surface area contributed by atoms with Crippen LogP contribution >= 0.6 is 0 Å². The highest BCUT2D eigenvalue weighted by Crippen LogP contribution is 2.22. The predicted molar refractivity (Wildman–Crippen MR) is 141 cm³/mol. The highest BCUT2D eigenvalue weighted by Gasteiger charge is 2.20. The zero-order valence-electron chi connectivity index (χ0n) is 21.2. The second kappa shape index (κ2) is 10.7. The van der Waals surface area contributed by atoms with E-state index >= 15 is 0 Å². The summed E-state index contributed by atoms with van der Waals surface area (Å²) in [6.07, 6.45) is 2.21. The summed E-state index contributed by atoms with van der Waals surface area (Å²) in [4.78, 5) is 36.9. The fourth-order valence-electron chi connectivity index (χ4n) is 3.96. The molecule has 1 fully saturated rings. The molecule has 0 unspecified atom stereocenters. The maximum Gasteiger partial charge on any atom is 0.412 e. The third kappa shape index (κ3) is 6.77. The lowest BCUT2D eigenvalue weighted by Gasteiger charge is -2.24. The number of ether oxygens (including phenoxy) is 1. The largest absolute Gasteiger partial charge is 0.444 e. The van der Waals surface area contributed by atoms with E-state index in [0.29, 0.717) is 24.9 Å². The van der Waals surface area contributed by atoms with E-state index in [0.717, 1.165) is 43.2 Å². The van der Waals surface area contributed by atoms with Gasteiger partial charge in [0.1, 0.15) is 18.1 Å². The number of nitrogens with one attached hydrogen (secondary N) is 3. The Morgan fingerprint density at radius 1 is 1.03 bits per heavy atom. The zero-order valence-corrected chi connectivity index (χ0v) is 21.2. The minimum atomic E-state index is -0.552. The van der Waals surface area contributed by atoms with Gasteiger partial charge in [-0.15, -0.1) is 0 Å². The van der Waals surface area contributed by atoms with Gasteiger partial charge in [0.05, 0.1) is 5.69 Å². The van der Waals surface area contributed by atoms with Crippen LogP contribution in [-0.2, 0) is 9.53 Å². The number of guanidine groups is 1. The van der Waals surface area contributed by atoms with Crippen molar-refractivity contribution in [2.24, 2.45) is 4.99 Å². The van der Waals surface area contributed by atoms with E-state index in [4.69, 9.17) is 4.74 Å². The molecule has 3 N–H and O–H groups in total. The monoisotopic (exact) mass is 494 g/mol. The molecule has 11 heteroatoms. The van der Waals surface area contributed by atoms with Gasteiger partial charge in [0, 0.05) is 56.7 Å². The van der Waals surface area contributed by atoms with Crippen molar-refractivity contribution in [1.29, 1.82) is 0 Å². The molecule has 0 aliphatic carbocycles.